The molecule has 0 fully saturated rings. The molecular weight excluding hydrogens is 264 g/mol. The number of aromatic nitrogens is 6. The molecule has 0 saturated carbocycles. The molecule has 0 saturated heterocycles. The predicted molar refractivity (Wildman–Crippen MR) is 69.0 cm³/mol. The summed E-state index contributed by atoms with van der Waals surface area (Å²) < 4.78 is 1.54. The quantitative estimate of drug-likeness (QED) is 0.726. The third kappa shape index (κ3) is 2.74. The summed E-state index contributed by atoms with van der Waals surface area (Å²) in [6.07, 6.45) is 5.62. The van der Waals surface area contributed by atoms with Crippen LogP contribution in [0.5, 0.6) is 0 Å². The molecule has 3 heterocycles. The van der Waals surface area contributed by atoms with E-state index in [0.29, 0.717) is 18.2 Å². The van der Waals surface area contributed by atoms with Crippen molar-refractivity contribution in [3.63, 3.8) is 0 Å². The van der Waals surface area contributed by atoms with Crippen molar-refractivity contribution in [2.45, 2.75) is 6.42 Å². The normalized spacial score (nSPS) is 10.6. The van der Waals surface area contributed by atoms with Gasteiger partial charge < -0.3 is 0 Å². The molecule has 3 aromatic rings. The molecule has 94 valence electrons. The van der Waals surface area contributed by atoms with Gasteiger partial charge in [0.25, 0.3) is 5.95 Å². The van der Waals surface area contributed by atoms with Crippen molar-refractivity contribution >= 4 is 11.6 Å². The van der Waals surface area contributed by atoms with Crippen molar-refractivity contribution in [2.24, 2.45) is 0 Å². The van der Waals surface area contributed by atoms with Crippen molar-refractivity contribution in [1.82, 2.24) is 29.7 Å². The lowest BCUT2D eigenvalue weighted by molar-refractivity contribution is 0.770. The molecule has 0 aliphatic carbocycles. The summed E-state index contributed by atoms with van der Waals surface area (Å²) in [4.78, 5) is 16.7. The van der Waals surface area contributed by atoms with E-state index in [1.165, 1.54) is 4.68 Å². The van der Waals surface area contributed by atoms with Crippen molar-refractivity contribution in [2.75, 3.05) is 0 Å². The smallest absolute Gasteiger partial charge is 0.255 e. The molecule has 3 aromatic heterocycles. The Morgan fingerprint density at radius 3 is 2.74 bits per heavy atom. The molecule has 3 rings (SSSR count). The van der Waals surface area contributed by atoms with E-state index in [-0.39, 0.29) is 5.28 Å². The summed E-state index contributed by atoms with van der Waals surface area (Å²) in [7, 11) is 0. The van der Waals surface area contributed by atoms with E-state index in [9.17, 15) is 0 Å². The first-order valence-corrected chi connectivity index (χ1v) is 5.99. The highest BCUT2D eigenvalue weighted by Crippen LogP contribution is 2.08. The number of pyridine rings is 1. The van der Waals surface area contributed by atoms with Gasteiger partial charge in [-0.1, -0.05) is 6.07 Å². The van der Waals surface area contributed by atoms with Crippen LogP contribution in [0.25, 0.3) is 5.95 Å². The van der Waals surface area contributed by atoms with Crippen LogP contribution in [0.2, 0.25) is 5.28 Å². The molecule has 0 aliphatic rings. The fourth-order valence-corrected chi connectivity index (χ4v) is 1.79. The van der Waals surface area contributed by atoms with Gasteiger partial charge in [-0.3, -0.25) is 4.98 Å². The van der Waals surface area contributed by atoms with Gasteiger partial charge in [0.1, 0.15) is 5.82 Å². The van der Waals surface area contributed by atoms with E-state index in [0.717, 1.165) is 5.69 Å². The van der Waals surface area contributed by atoms with Crippen molar-refractivity contribution in [1.29, 1.82) is 0 Å². The first-order valence-electron chi connectivity index (χ1n) is 5.61. The van der Waals surface area contributed by atoms with E-state index in [1.54, 1.807) is 24.7 Å². The number of hydrogen-bond acceptors (Lipinski definition) is 5. The Hall–Kier alpha value is -2.34. The Morgan fingerprint density at radius 1 is 1.05 bits per heavy atom. The number of hydrogen-bond donors (Lipinski definition) is 0. The van der Waals surface area contributed by atoms with E-state index >= 15 is 0 Å². The molecule has 6 nitrogen and oxygen atoms in total. The Kier molecular flexibility index (Phi) is 3.16. The minimum Gasteiger partial charge on any atom is -0.261 e. The second-order valence-corrected chi connectivity index (χ2v) is 4.11. The first kappa shape index (κ1) is 11.7. The van der Waals surface area contributed by atoms with Gasteiger partial charge in [0.15, 0.2) is 0 Å². The minimum atomic E-state index is 0.145. The average molecular weight is 273 g/mol. The van der Waals surface area contributed by atoms with Crippen molar-refractivity contribution in [3.8, 4) is 5.95 Å². The Balaban J connectivity index is 1.94. The zero-order chi connectivity index (χ0) is 13.1. The van der Waals surface area contributed by atoms with Crippen molar-refractivity contribution < 1.29 is 0 Å². The molecule has 0 amide bonds. The van der Waals surface area contributed by atoms with Crippen LogP contribution in [0.4, 0.5) is 0 Å². The highest BCUT2D eigenvalue weighted by atomic mass is 35.5. The topological polar surface area (TPSA) is 69.4 Å². The number of rotatable bonds is 3. The molecule has 0 aliphatic heterocycles. The molecule has 7 heteroatoms. The van der Waals surface area contributed by atoms with Crippen LogP contribution in [0.1, 0.15) is 11.5 Å². The van der Waals surface area contributed by atoms with Crippen LogP contribution in [0.15, 0.2) is 42.9 Å². The summed E-state index contributed by atoms with van der Waals surface area (Å²) in [5, 5.41) is 4.21. The van der Waals surface area contributed by atoms with Crippen LogP contribution in [-0.2, 0) is 6.42 Å². The van der Waals surface area contributed by atoms with Crippen LogP contribution < -0.4 is 0 Å². The lowest BCUT2D eigenvalue weighted by atomic mass is 10.2. The fraction of sp³-hybridized carbons (Fsp3) is 0.0833. The highest BCUT2D eigenvalue weighted by molar-refractivity contribution is 6.28. The van der Waals surface area contributed by atoms with Crippen LogP contribution >= 0.6 is 11.6 Å². The Morgan fingerprint density at radius 2 is 2.00 bits per heavy atom. The van der Waals surface area contributed by atoms with E-state index in [4.69, 9.17) is 11.6 Å². The van der Waals surface area contributed by atoms with E-state index in [2.05, 4.69) is 25.0 Å². The summed E-state index contributed by atoms with van der Waals surface area (Å²) in [6, 6.07) is 7.47. The first-order chi connectivity index (χ1) is 9.31. The predicted octanol–water partition coefficient (Wildman–Crippen LogP) is 1.70. The number of halogens is 1. The molecule has 0 atom stereocenters. The van der Waals surface area contributed by atoms with Crippen LogP contribution in [0, 0.1) is 0 Å². The van der Waals surface area contributed by atoms with Gasteiger partial charge in [-0.25, -0.2) is 9.67 Å². The number of nitrogens with zero attached hydrogens (tertiary/aromatic N) is 6. The average Bonchev–Trinajstić information content (AvgIpc) is 2.93. The second kappa shape index (κ2) is 5.11. The van der Waals surface area contributed by atoms with Gasteiger partial charge in [0.2, 0.25) is 5.28 Å². The molecule has 0 N–H and O–H groups in total. The van der Waals surface area contributed by atoms with Gasteiger partial charge >= 0.3 is 0 Å². The monoisotopic (exact) mass is 272 g/mol. The van der Waals surface area contributed by atoms with Gasteiger partial charge in [0, 0.05) is 24.3 Å². The van der Waals surface area contributed by atoms with Gasteiger partial charge in [-0.15, -0.1) is 0 Å². The molecule has 0 spiro atoms. The van der Waals surface area contributed by atoms with Crippen LogP contribution in [0.3, 0.4) is 0 Å². The zero-order valence-electron chi connectivity index (χ0n) is 9.81. The summed E-state index contributed by atoms with van der Waals surface area (Å²) in [5.41, 5.74) is 0.871. The molecule has 0 aromatic carbocycles. The molecule has 19 heavy (non-hydrogen) atoms. The molecule has 0 bridgehead atoms. The maximum absolute atomic E-state index is 5.91. The molecule has 0 radical (unpaired) electrons. The zero-order valence-corrected chi connectivity index (χ0v) is 10.6. The summed E-state index contributed by atoms with van der Waals surface area (Å²) in [6.45, 7) is 0. The van der Waals surface area contributed by atoms with Gasteiger partial charge in [-0.2, -0.15) is 15.1 Å². The second-order valence-electron chi connectivity index (χ2n) is 3.77. The Labute approximate surface area is 114 Å². The van der Waals surface area contributed by atoms with Crippen molar-refractivity contribution in [3.05, 3.63) is 59.7 Å². The van der Waals surface area contributed by atoms with Gasteiger partial charge in [0.05, 0.1) is 6.42 Å². The minimum absolute atomic E-state index is 0.145. The lowest BCUT2D eigenvalue weighted by Crippen LogP contribution is -2.08. The highest BCUT2D eigenvalue weighted by Gasteiger charge is 2.08. The largest absolute Gasteiger partial charge is 0.261 e. The maximum Gasteiger partial charge on any atom is 0.255 e. The van der Waals surface area contributed by atoms with E-state index < -0.39 is 0 Å². The summed E-state index contributed by atoms with van der Waals surface area (Å²) in [5.74, 6) is 0.958. The third-order valence-corrected chi connectivity index (χ3v) is 2.59. The maximum atomic E-state index is 5.91. The third-order valence-electron chi connectivity index (χ3n) is 2.42. The Bertz CT molecular complexity index is 668. The van der Waals surface area contributed by atoms with E-state index in [1.807, 2.05) is 18.2 Å². The SMILES string of the molecule is Clc1nc(Cc2ccccn2)nc(-n2cccn2)n1. The van der Waals surface area contributed by atoms with Crippen LogP contribution in [-0.4, -0.2) is 29.7 Å². The van der Waals surface area contributed by atoms with Gasteiger partial charge in [-0.05, 0) is 29.8 Å². The molecular formula is C12H9ClN6. The summed E-state index contributed by atoms with van der Waals surface area (Å²) >= 11 is 5.91. The fourth-order valence-electron chi connectivity index (χ4n) is 1.61. The lowest BCUT2D eigenvalue weighted by Gasteiger charge is -2.03. The molecule has 0 unspecified atom stereocenters. The standard InChI is InChI=1S/C12H9ClN6/c13-11-16-10(8-9-4-1-2-5-14-9)17-12(18-11)19-7-3-6-15-19/h1-7H,8H2.